The predicted molar refractivity (Wildman–Crippen MR) is 74.8 cm³/mol. The van der Waals surface area contributed by atoms with E-state index in [0.717, 1.165) is 18.7 Å². The molecule has 4 nitrogen and oxygen atoms in total. The van der Waals surface area contributed by atoms with E-state index in [9.17, 15) is 13.6 Å². The molecular weight excluding hydrogens is 278 g/mol. The van der Waals surface area contributed by atoms with Crippen molar-refractivity contribution >= 4 is 5.91 Å². The van der Waals surface area contributed by atoms with Crippen molar-refractivity contribution in [1.29, 1.82) is 0 Å². The average Bonchev–Trinajstić information content (AvgIpc) is 2.49. The molecule has 1 aromatic rings. The Morgan fingerprint density at radius 1 is 1.48 bits per heavy atom. The summed E-state index contributed by atoms with van der Waals surface area (Å²) in [5, 5.41) is 3.22. The Morgan fingerprint density at radius 2 is 2.24 bits per heavy atom. The molecule has 0 radical (unpaired) electrons. The van der Waals surface area contributed by atoms with Crippen LogP contribution >= 0.6 is 0 Å². The van der Waals surface area contributed by atoms with Gasteiger partial charge < -0.3 is 15.0 Å². The number of hydrogen-bond acceptors (Lipinski definition) is 3. The lowest BCUT2D eigenvalue weighted by atomic mass is 10.1. The lowest BCUT2D eigenvalue weighted by Crippen LogP contribution is -2.44. The standard InChI is InChI=1S/C15H20F2N2O2/c1-10(11-3-4-13(16)14(17)7-11)19(2)15(20)8-12-9-21-6-5-18-12/h3-4,7,10,12,18H,5-6,8-9H2,1-2H3. The van der Waals surface area contributed by atoms with Crippen molar-refractivity contribution in [3.8, 4) is 0 Å². The Hall–Kier alpha value is -1.53. The van der Waals surface area contributed by atoms with Crippen LogP contribution in [0.3, 0.4) is 0 Å². The number of hydrogen-bond donors (Lipinski definition) is 1. The maximum absolute atomic E-state index is 13.3. The van der Waals surface area contributed by atoms with E-state index in [2.05, 4.69) is 5.32 Å². The minimum atomic E-state index is -0.900. The first-order valence-corrected chi connectivity index (χ1v) is 7.00. The molecule has 0 saturated carbocycles. The molecule has 0 spiro atoms. The van der Waals surface area contributed by atoms with Gasteiger partial charge in [0.1, 0.15) is 0 Å². The second kappa shape index (κ2) is 6.95. The molecule has 2 atom stereocenters. The lowest BCUT2D eigenvalue weighted by molar-refractivity contribution is -0.133. The number of carbonyl (C=O) groups is 1. The number of benzene rings is 1. The van der Waals surface area contributed by atoms with Gasteiger partial charge in [0.05, 0.1) is 19.3 Å². The van der Waals surface area contributed by atoms with Crippen LogP contribution in [0.4, 0.5) is 8.78 Å². The van der Waals surface area contributed by atoms with E-state index in [1.54, 1.807) is 18.9 Å². The summed E-state index contributed by atoms with van der Waals surface area (Å²) in [6.45, 7) is 3.70. The van der Waals surface area contributed by atoms with Crippen LogP contribution in [0.5, 0.6) is 0 Å². The van der Waals surface area contributed by atoms with Crippen molar-refractivity contribution in [2.45, 2.75) is 25.4 Å². The van der Waals surface area contributed by atoms with Crippen LogP contribution in [0.1, 0.15) is 24.9 Å². The maximum atomic E-state index is 13.3. The fourth-order valence-corrected chi connectivity index (χ4v) is 2.32. The molecule has 1 fully saturated rings. The van der Waals surface area contributed by atoms with Crippen molar-refractivity contribution in [3.05, 3.63) is 35.4 Å². The number of rotatable bonds is 4. The minimum absolute atomic E-state index is 0.00542. The molecule has 1 aliphatic heterocycles. The fourth-order valence-electron chi connectivity index (χ4n) is 2.32. The number of nitrogens with zero attached hydrogens (tertiary/aromatic N) is 1. The van der Waals surface area contributed by atoms with Gasteiger partial charge in [0.2, 0.25) is 5.91 Å². The van der Waals surface area contributed by atoms with Gasteiger partial charge in [-0.15, -0.1) is 0 Å². The fraction of sp³-hybridized carbons (Fsp3) is 0.533. The number of halogens is 2. The van der Waals surface area contributed by atoms with Gasteiger partial charge in [0.15, 0.2) is 11.6 Å². The predicted octanol–water partition coefficient (Wildman–Crippen LogP) is 1.86. The summed E-state index contributed by atoms with van der Waals surface area (Å²) < 4.78 is 31.5. The first kappa shape index (κ1) is 15.9. The van der Waals surface area contributed by atoms with E-state index < -0.39 is 11.6 Å². The Bertz CT molecular complexity index is 504. The lowest BCUT2D eigenvalue weighted by Gasteiger charge is -2.29. The van der Waals surface area contributed by atoms with E-state index in [0.29, 0.717) is 25.2 Å². The van der Waals surface area contributed by atoms with Gasteiger partial charge in [-0.05, 0) is 24.6 Å². The second-order valence-corrected chi connectivity index (χ2v) is 5.28. The summed E-state index contributed by atoms with van der Waals surface area (Å²) >= 11 is 0. The molecule has 2 unspecified atom stereocenters. The van der Waals surface area contributed by atoms with E-state index >= 15 is 0 Å². The van der Waals surface area contributed by atoms with Crippen LogP contribution in [-0.4, -0.2) is 43.7 Å². The van der Waals surface area contributed by atoms with Gasteiger partial charge in [-0.25, -0.2) is 8.78 Å². The first-order chi connectivity index (χ1) is 9.99. The number of carbonyl (C=O) groups excluding carboxylic acids is 1. The molecule has 1 N–H and O–H groups in total. The SMILES string of the molecule is CC(c1ccc(F)c(F)c1)N(C)C(=O)CC1COCCN1. The van der Waals surface area contributed by atoms with Crippen molar-refractivity contribution in [2.24, 2.45) is 0 Å². The highest BCUT2D eigenvalue weighted by molar-refractivity contribution is 5.77. The summed E-state index contributed by atoms with van der Waals surface area (Å²) in [5.74, 6) is -1.85. The summed E-state index contributed by atoms with van der Waals surface area (Å²) in [7, 11) is 1.66. The van der Waals surface area contributed by atoms with Gasteiger partial charge >= 0.3 is 0 Å². The number of ether oxygens (including phenoxy) is 1. The molecule has 116 valence electrons. The van der Waals surface area contributed by atoms with E-state index in [-0.39, 0.29) is 18.0 Å². The summed E-state index contributed by atoms with van der Waals surface area (Å²) in [6, 6.07) is 3.39. The largest absolute Gasteiger partial charge is 0.378 e. The van der Waals surface area contributed by atoms with Crippen molar-refractivity contribution in [3.63, 3.8) is 0 Å². The average molecular weight is 298 g/mol. The molecule has 1 aromatic carbocycles. The molecule has 0 aromatic heterocycles. The summed E-state index contributed by atoms with van der Waals surface area (Å²) in [6.07, 6.45) is 0.324. The number of amides is 1. The summed E-state index contributed by atoms with van der Waals surface area (Å²) in [4.78, 5) is 13.8. The molecule has 21 heavy (non-hydrogen) atoms. The molecule has 0 bridgehead atoms. The Morgan fingerprint density at radius 3 is 2.86 bits per heavy atom. The number of nitrogens with one attached hydrogen (secondary N) is 1. The molecule has 1 aliphatic rings. The third-order valence-electron chi connectivity index (χ3n) is 3.82. The monoisotopic (exact) mass is 298 g/mol. The molecule has 2 rings (SSSR count). The van der Waals surface area contributed by atoms with Gasteiger partial charge in [-0.3, -0.25) is 4.79 Å². The van der Waals surface area contributed by atoms with Crippen molar-refractivity contribution in [1.82, 2.24) is 10.2 Å². The quantitative estimate of drug-likeness (QED) is 0.922. The van der Waals surface area contributed by atoms with Gasteiger partial charge in [0, 0.05) is 26.1 Å². The zero-order chi connectivity index (χ0) is 15.4. The second-order valence-electron chi connectivity index (χ2n) is 5.28. The molecule has 6 heteroatoms. The van der Waals surface area contributed by atoms with Crippen LogP contribution in [0, 0.1) is 11.6 Å². The molecule has 0 aliphatic carbocycles. The van der Waals surface area contributed by atoms with E-state index in [1.165, 1.54) is 6.07 Å². The van der Waals surface area contributed by atoms with Crippen LogP contribution in [0.25, 0.3) is 0 Å². The molecular formula is C15H20F2N2O2. The summed E-state index contributed by atoms with van der Waals surface area (Å²) in [5.41, 5.74) is 0.567. The van der Waals surface area contributed by atoms with Crippen LogP contribution in [0.15, 0.2) is 18.2 Å². The third kappa shape index (κ3) is 3.98. The van der Waals surface area contributed by atoms with Crippen LogP contribution < -0.4 is 5.32 Å². The van der Waals surface area contributed by atoms with Crippen molar-refractivity contribution < 1.29 is 18.3 Å². The zero-order valence-electron chi connectivity index (χ0n) is 12.2. The first-order valence-electron chi connectivity index (χ1n) is 7.00. The normalized spacial score (nSPS) is 20.1. The maximum Gasteiger partial charge on any atom is 0.224 e. The molecule has 1 amide bonds. The van der Waals surface area contributed by atoms with Crippen LogP contribution in [-0.2, 0) is 9.53 Å². The van der Waals surface area contributed by atoms with Crippen molar-refractivity contribution in [2.75, 3.05) is 26.8 Å². The Kier molecular flexibility index (Phi) is 5.25. The zero-order valence-corrected chi connectivity index (χ0v) is 12.2. The molecule has 1 heterocycles. The minimum Gasteiger partial charge on any atom is -0.378 e. The molecule has 1 saturated heterocycles. The number of morpholine rings is 1. The Balaban J connectivity index is 1.98. The van der Waals surface area contributed by atoms with E-state index in [1.807, 2.05) is 0 Å². The van der Waals surface area contributed by atoms with Gasteiger partial charge in [-0.2, -0.15) is 0 Å². The van der Waals surface area contributed by atoms with Gasteiger partial charge in [0.25, 0.3) is 0 Å². The Labute approximate surface area is 123 Å². The van der Waals surface area contributed by atoms with E-state index in [4.69, 9.17) is 4.74 Å². The highest BCUT2D eigenvalue weighted by Crippen LogP contribution is 2.21. The third-order valence-corrected chi connectivity index (χ3v) is 3.82. The highest BCUT2D eigenvalue weighted by Gasteiger charge is 2.23. The topological polar surface area (TPSA) is 41.6 Å². The van der Waals surface area contributed by atoms with Gasteiger partial charge in [-0.1, -0.05) is 6.07 Å². The van der Waals surface area contributed by atoms with Crippen LogP contribution in [0.2, 0.25) is 0 Å². The highest BCUT2D eigenvalue weighted by atomic mass is 19.2. The smallest absolute Gasteiger partial charge is 0.224 e.